The highest BCUT2D eigenvalue weighted by molar-refractivity contribution is 7.84. The van der Waals surface area contributed by atoms with Crippen molar-refractivity contribution in [1.82, 2.24) is 10.3 Å². The van der Waals surface area contributed by atoms with Crippen LogP contribution in [0.4, 0.5) is 5.69 Å². The van der Waals surface area contributed by atoms with Crippen LogP contribution >= 0.6 is 0 Å². The second kappa shape index (κ2) is 14.8. The Morgan fingerprint density at radius 2 is 1.64 bits per heavy atom. The Labute approximate surface area is 257 Å². The van der Waals surface area contributed by atoms with Gasteiger partial charge in [-0.25, -0.2) is 4.79 Å². The number of carboxylic acid groups (broad SMARTS) is 1. The van der Waals surface area contributed by atoms with E-state index in [1.807, 2.05) is 36.4 Å². The quantitative estimate of drug-likeness (QED) is 0.132. The monoisotopic (exact) mass is 624 g/mol. The normalized spacial score (nSPS) is 13.4. The van der Waals surface area contributed by atoms with E-state index in [2.05, 4.69) is 10.3 Å². The Bertz CT molecular complexity index is 1520. The molecule has 0 aliphatic rings. The molecule has 0 saturated carbocycles. The molecule has 6 N–H and O–H groups in total. The van der Waals surface area contributed by atoms with Crippen LogP contribution in [0, 0.1) is 5.92 Å². The summed E-state index contributed by atoms with van der Waals surface area (Å²) in [5.41, 5.74) is 6.05. The minimum atomic E-state index is -1.82. The highest BCUT2D eigenvalue weighted by atomic mass is 32.2. The molecule has 0 saturated heterocycles. The van der Waals surface area contributed by atoms with Crippen molar-refractivity contribution in [2.45, 2.75) is 56.1 Å². The molecule has 234 valence electrons. The van der Waals surface area contributed by atoms with Gasteiger partial charge < -0.3 is 21.3 Å². The predicted molar refractivity (Wildman–Crippen MR) is 163 cm³/mol. The number of primary amides is 1. The number of hydrogen-bond acceptors (Lipinski definition) is 8. The van der Waals surface area contributed by atoms with Crippen molar-refractivity contribution in [2.24, 2.45) is 11.7 Å². The summed E-state index contributed by atoms with van der Waals surface area (Å²) < 4.78 is 12.0. The van der Waals surface area contributed by atoms with Gasteiger partial charge in [0.1, 0.15) is 0 Å². The number of carboxylic acids is 1. The van der Waals surface area contributed by atoms with E-state index >= 15 is 0 Å². The van der Waals surface area contributed by atoms with E-state index in [4.69, 9.17) is 5.73 Å². The molecule has 0 radical (unpaired) electrons. The van der Waals surface area contributed by atoms with E-state index in [9.17, 15) is 38.8 Å². The number of carbonyl (C=O) groups excluding carboxylic acids is 3. The number of amides is 3. The molecule has 2 aromatic carbocycles. The molecule has 12 nitrogen and oxygen atoms in total. The van der Waals surface area contributed by atoms with E-state index in [0.29, 0.717) is 12.8 Å². The highest BCUT2D eigenvalue weighted by Gasteiger charge is 2.37. The molecule has 0 spiro atoms. The standard InChI is InChI=1S/C31H36N4O8S/c1-31(2,41)27(30(39)40)34-29(38)22(6-4-5-19-7-9-20(10-8-19)21-13-15-33-16-14-21)17-26(36)35(42)25-18-23(44(3)43)11-12-24(25)28(32)37/h7-16,18,22,27,41-42H,4-6,17H2,1-3H3,(H2,32,37)(H,34,38)(H,39,40)/t22-,27?,44?/m1/s1. The van der Waals surface area contributed by atoms with Crippen LogP contribution in [0.3, 0.4) is 0 Å². The van der Waals surface area contributed by atoms with Crippen molar-refractivity contribution in [3.05, 3.63) is 78.1 Å². The van der Waals surface area contributed by atoms with Crippen LogP contribution in [0.1, 0.15) is 49.0 Å². The SMILES string of the molecule is CS(=O)c1ccc(C(N)=O)c(N(O)C(=O)C[C@@H](CCCc2ccc(-c3ccncc3)cc2)C(=O)NC(C(=O)O)C(C)(C)O)c1. The van der Waals surface area contributed by atoms with Gasteiger partial charge in [0.25, 0.3) is 11.8 Å². The minimum Gasteiger partial charge on any atom is -0.480 e. The van der Waals surface area contributed by atoms with Crippen LogP contribution in [0.15, 0.2) is 71.9 Å². The number of aliphatic hydroxyl groups is 1. The van der Waals surface area contributed by atoms with Gasteiger partial charge in [0.2, 0.25) is 5.91 Å². The minimum absolute atomic E-state index is 0.122. The van der Waals surface area contributed by atoms with Gasteiger partial charge in [-0.3, -0.25) is 28.8 Å². The number of benzene rings is 2. The molecule has 0 aliphatic carbocycles. The lowest BCUT2D eigenvalue weighted by Crippen LogP contribution is -2.55. The second-order valence-electron chi connectivity index (χ2n) is 10.9. The number of nitrogens with one attached hydrogen (secondary N) is 1. The molecule has 3 aromatic rings. The van der Waals surface area contributed by atoms with Gasteiger partial charge in [-0.1, -0.05) is 24.3 Å². The summed E-state index contributed by atoms with van der Waals surface area (Å²) in [7, 11) is -1.51. The van der Waals surface area contributed by atoms with Gasteiger partial charge in [0.05, 0.1) is 16.9 Å². The number of nitrogens with two attached hydrogens (primary N) is 1. The van der Waals surface area contributed by atoms with Gasteiger partial charge >= 0.3 is 5.97 Å². The average Bonchev–Trinajstić information content (AvgIpc) is 2.98. The number of aryl methyl sites for hydroxylation is 1. The van der Waals surface area contributed by atoms with Gasteiger partial charge in [-0.05, 0) is 80.1 Å². The lowest BCUT2D eigenvalue weighted by molar-refractivity contribution is -0.149. The van der Waals surface area contributed by atoms with Crippen LogP contribution in [0.25, 0.3) is 11.1 Å². The Balaban J connectivity index is 1.81. The molecule has 1 heterocycles. The maximum Gasteiger partial charge on any atom is 0.329 e. The smallest absolute Gasteiger partial charge is 0.329 e. The van der Waals surface area contributed by atoms with Crippen molar-refractivity contribution in [3.63, 3.8) is 0 Å². The van der Waals surface area contributed by atoms with E-state index in [1.54, 1.807) is 12.4 Å². The molecule has 0 bridgehead atoms. The number of carbonyl (C=O) groups is 4. The Hall–Kier alpha value is -4.46. The summed E-state index contributed by atoms with van der Waals surface area (Å²) in [5, 5.41) is 33.2. The lowest BCUT2D eigenvalue weighted by Gasteiger charge is -2.28. The molecule has 2 unspecified atom stereocenters. The van der Waals surface area contributed by atoms with Crippen LogP contribution < -0.4 is 16.1 Å². The molecule has 3 rings (SSSR count). The largest absolute Gasteiger partial charge is 0.480 e. The zero-order valence-electron chi connectivity index (χ0n) is 24.6. The van der Waals surface area contributed by atoms with E-state index in [1.165, 1.54) is 38.3 Å². The zero-order chi connectivity index (χ0) is 32.6. The Kier molecular flexibility index (Phi) is 11.5. The second-order valence-corrected chi connectivity index (χ2v) is 12.2. The van der Waals surface area contributed by atoms with Crippen molar-refractivity contribution in [1.29, 1.82) is 0 Å². The Morgan fingerprint density at radius 1 is 1.02 bits per heavy atom. The number of anilines is 1. The van der Waals surface area contributed by atoms with Gasteiger partial charge in [0.15, 0.2) is 6.04 Å². The molecule has 13 heteroatoms. The highest BCUT2D eigenvalue weighted by Crippen LogP contribution is 2.26. The molecule has 0 aliphatic heterocycles. The molecule has 44 heavy (non-hydrogen) atoms. The molecule has 3 atom stereocenters. The van der Waals surface area contributed by atoms with Crippen LogP contribution in [-0.4, -0.2) is 66.2 Å². The van der Waals surface area contributed by atoms with Crippen LogP contribution in [0.5, 0.6) is 0 Å². The first kappa shape index (κ1) is 34.0. The van der Waals surface area contributed by atoms with Gasteiger partial charge in [-0.15, -0.1) is 0 Å². The number of aliphatic carboxylic acids is 1. The molecule has 3 amide bonds. The lowest BCUT2D eigenvalue weighted by atomic mass is 9.92. The topological polar surface area (TPSA) is 200 Å². The number of hydroxylamine groups is 1. The van der Waals surface area contributed by atoms with Crippen molar-refractivity contribution < 1.29 is 38.8 Å². The maximum absolute atomic E-state index is 13.3. The number of pyridine rings is 1. The first-order valence-corrected chi connectivity index (χ1v) is 15.3. The van der Waals surface area contributed by atoms with Crippen LogP contribution in [-0.2, 0) is 31.6 Å². The van der Waals surface area contributed by atoms with Gasteiger partial charge in [-0.2, -0.15) is 5.06 Å². The van der Waals surface area contributed by atoms with Gasteiger partial charge in [0, 0.05) is 46.7 Å². The third-order valence-corrected chi connectivity index (χ3v) is 7.97. The number of hydrogen-bond donors (Lipinski definition) is 5. The molecular weight excluding hydrogens is 588 g/mol. The van der Waals surface area contributed by atoms with E-state index in [-0.39, 0.29) is 27.6 Å². The third kappa shape index (κ3) is 9.02. The van der Waals surface area contributed by atoms with Crippen molar-refractivity contribution >= 4 is 40.2 Å². The van der Waals surface area contributed by atoms with E-state index in [0.717, 1.165) is 16.7 Å². The Morgan fingerprint density at radius 3 is 2.18 bits per heavy atom. The van der Waals surface area contributed by atoms with Crippen molar-refractivity contribution in [3.8, 4) is 11.1 Å². The van der Waals surface area contributed by atoms with E-state index < -0.39 is 58.5 Å². The summed E-state index contributed by atoms with van der Waals surface area (Å²) in [6.07, 6.45) is 5.28. The zero-order valence-corrected chi connectivity index (χ0v) is 25.4. The first-order valence-electron chi connectivity index (χ1n) is 13.7. The number of nitrogens with zero attached hydrogens (tertiary/aromatic N) is 2. The third-order valence-electron chi connectivity index (χ3n) is 7.05. The molecule has 1 aromatic heterocycles. The fourth-order valence-electron chi connectivity index (χ4n) is 4.59. The summed E-state index contributed by atoms with van der Waals surface area (Å²) in [6.45, 7) is 2.46. The molecular formula is C31H36N4O8S. The average molecular weight is 625 g/mol. The summed E-state index contributed by atoms with van der Waals surface area (Å²) in [4.78, 5) is 54.5. The number of aromatic nitrogens is 1. The fourth-order valence-corrected chi connectivity index (χ4v) is 5.13. The molecule has 0 fully saturated rings. The first-order chi connectivity index (χ1) is 20.7. The number of rotatable bonds is 14. The fraction of sp³-hybridized carbons (Fsp3) is 0.323. The summed E-state index contributed by atoms with van der Waals surface area (Å²) >= 11 is 0. The maximum atomic E-state index is 13.3. The summed E-state index contributed by atoms with van der Waals surface area (Å²) in [6, 6.07) is 13.7. The van der Waals surface area contributed by atoms with Crippen molar-refractivity contribution in [2.75, 3.05) is 11.3 Å². The predicted octanol–water partition coefficient (Wildman–Crippen LogP) is 2.68. The summed E-state index contributed by atoms with van der Waals surface area (Å²) in [5.74, 6) is -5.32. The van der Waals surface area contributed by atoms with Crippen LogP contribution in [0.2, 0.25) is 0 Å².